The fourth-order valence-corrected chi connectivity index (χ4v) is 1.28. The molecule has 72 valence electrons. The molecule has 1 atom stereocenters. The first kappa shape index (κ1) is 11.8. The summed E-state index contributed by atoms with van der Waals surface area (Å²) in [6.07, 6.45) is 3.72. The Morgan fingerprint density at radius 2 is 1.92 bits per heavy atom. The standard InChI is InChI=1S/C9H14N2O2/c1-8(5-10-6-12)4-9(2,3)11-7-13/h8H,4-5H2,1-3H3. The van der Waals surface area contributed by atoms with Crippen LogP contribution < -0.4 is 0 Å². The Bertz CT molecular complexity index is 248. The summed E-state index contributed by atoms with van der Waals surface area (Å²) >= 11 is 0. The largest absolute Gasteiger partial charge is 0.235 e. The van der Waals surface area contributed by atoms with E-state index >= 15 is 0 Å². The molecule has 0 aromatic rings. The molecule has 4 heteroatoms. The second kappa shape index (κ2) is 5.41. The number of hydrogen-bond acceptors (Lipinski definition) is 4. The molecule has 0 aromatic carbocycles. The lowest BCUT2D eigenvalue weighted by Gasteiger charge is -2.20. The van der Waals surface area contributed by atoms with E-state index in [9.17, 15) is 9.59 Å². The molecule has 0 radical (unpaired) electrons. The molecule has 4 nitrogen and oxygen atoms in total. The van der Waals surface area contributed by atoms with Crippen molar-refractivity contribution in [2.24, 2.45) is 15.9 Å². The Labute approximate surface area is 77.8 Å². The number of rotatable bonds is 5. The van der Waals surface area contributed by atoms with Crippen LogP contribution in [0.25, 0.3) is 0 Å². The van der Waals surface area contributed by atoms with Gasteiger partial charge in [0.15, 0.2) is 0 Å². The van der Waals surface area contributed by atoms with Gasteiger partial charge in [-0.3, -0.25) is 0 Å². The number of hydrogen-bond donors (Lipinski definition) is 0. The molecule has 0 bridgehead atoms. The van der Waals surface area contributed by atoms with Gasteiger partial charge >= 0.3 is 0 Å². The number of aliphatic imine (C=N–C) groups is 2. The third kappa shape index (κ3) is 5.97. The molecule has 0 rings (SSSR count). The smallest absolute Gasteiger partial charge is 0.211 e. The molecule has 0 aromatic heterocycles. The van der Waals surface area contributed by atoms with Gasteiger partial charge in [0.1, 0.15) is 0 Å². The maximum absolute atomic E-state index is 10.0. The highest BCUT2D eigenvalue weighted by atomic mass is 16.1. The minimum absolute atomic E-state index is 0.216. The minimum Gasteiger partial charge on any atom is -0.211 e. The lowest BCUT2D eigenvalue weighted by molar-refractivity contribution is 0.386. The van der Waals surface area contributed by atoms with Crippen LogP contribution in [0.5, 0.6) is 0 Å². The van der Waals surface area contributed by atoms with Gasteiger partial charge in [-0.25, -0.2) is 14.6 Å². The maximum Gasteiger partial charge on any atom is 0.235 e. The fraction of sp³-hybridized carbons (Fsp3) is 0.778. The van der Waals surface area contributed by atoms with Gasteiger partial charge in [0.25, 0.3) is 0 Å². The van der Waals surface area contributed by atoms with Crippen LogP contribution in [0.4, 0.5) is 0 Å². The van der Waals surface area contributed by atoms with Crippen LogP contribution in [0, 0.1) is 5.92 Å². The van der Waals surface area contributed by atoms with E-state index in [0.29, 0.717) is 13.0 Å². The Hall–Kier alpha value is -1.24. The van der Waals surface area contributed by atoms with E-state index in [1.165, 1.54) is 12.2 Å². The lowest BCUT2D eigenvalue weighted by atomic mass is 9.92. The molecule has 0 N–H and O–H groups in total. The first-order valence-electron chi connectivity index (χ1n) is 4.14. The summed E-state index contributed by atoms with van der Waals surface area (Å²) in [5.41, 5.74) is -0.417. The number of isocyanates is 2. The predicted octanol–water partition coefficient (Wildman–Crippen LogP) is 1.46. The summed E-state index contributed by atoms with van der Waals surface area (Å²) in [4.78, 5) is 27.0. The Morgan fingerprint density at radius 3 is 2.38 bits per heavy atom. The maximum atomic E-state index is 10.0. The Morgan fingerprint density at radius 1 is 1.31 bits per heavy atom. The van der Waals surface area contributed by atoms with E-state index in [1.54, 1.807) is 0 Å². The van der Waals surface area contributed by atoms with Gasteiger partial charge in [-0.15, -0.1) is 0 Å². The van der Waals surface area contributed by atoms with Crippen LogP contribution in [-0.2, 0) is 9.59 Å². The van der Waals surface area contributed by atoms with E-state index in [4.69, 9.17) is 0 Å². The molecule has 0 aliphatic carbocycles. The van der Waals surface area contributed by atoms with E-state index in [2.05, 4.69) is 9.98 Å². The minimum atomic E-state index is -0.417. The van der Waals surface area contributed by atoms with Gasteiger partial charge < -0.3 is 0 Å². The molecule has 0 spiro atoms. The van der Waals surface area contributed by atoms with Gasteiger partial charge in [0, 0.05) is 0 Å². The van der Waals surface area contributed by atoms with Crippen molar-refractivity contribution in [3.8, 4) is 0 Å². The third-order valence-electron chi connectivity index (χ3n) is 1.66. The second-order valence-corrected chi connectivity index (χ2v) is 3.76. The molecule has 1 unspecified atom stereocenters. The number of nitrogens with zero attached hydrogens (tertiary/aromatic N) is 2. The monoisotopic (exact) mass is 182 g/mol. The average Bonchev–Trinajstić information content (AvgIpc) is 1.99. The molecular weight excluding hydrogens is 168 g/mol. The fourth-order valence-electron chi connectivity index (χ4n) is 1.28. The van der Waals surface area contributed by atoms with Crippen molar-refractivity contribution in [1.82, 2.24) is 0 Å². The Kier molecular flexibility index (Phi) is 4.90. The molecule has 0 aliphatic heterocycles. The van der Waals surface area contributed by atoms with Crippen molar-refractivity contribution in [2.45, 2.75) is 32.7 Å². The highest BCUT2D eigenvalue weighted by Crippen LogP contribution is 2.19. The van der Waals surface area contributed by atoms with Crippen LogP contribution in [0.3, 0.4) is 0 Å². The molecule has 0 heterocycles. The van der Waals surface area contributed by atoms with Crippen molar-refractivity contribution in [3.05, 3.63) is 0 Å². The average molecular weight is 182 g/mol. The first-order valence-corrected chi connectivity index (χ1v) is 4.14. The van der Waals surface area contributed by atoms with E-state index < -0.39 is 5.54 Å². The van der Waals surface area contributed by atoms with Crippen molar-refractivity contribution in [1.29, 1.82) is 0 Å². The van der Waals surface area contributed by atoms with E-state index in [-0.39, 0.29) is 5.92 Å². The van der Waals surface area contributed by atoms with Crippen molar-refractivity contribution in [2.75, 3.05) is 6.54 Å². The molecule has 0 aliphatic rings. The zero-order chi connectivity index (χ0) is 10.3. The topological polar surface area (TPSA) is 58.9 Å². The quantitative estimate of drug-likeness (QED) is 0.477. The van der Waals surface area contributed by atoms with Crippen LogP contribution in [-0.4, -0.2) is 24.2 Å². The highest BCUT2D eigenvalue weighted by Gasteiger charge is 2.19. The molecule has 0 amide bonds. The van der Waals surface area contributed by atoms with E-state index in [0.717, 1.165) is 0 Å². The Balaban J connectivity index is 4.09. The van der Waals surface area contributed by atoms with Gasteiger partial charge in [0.05, 0.1) is 12.1 Å². The second-order valence-electron chi connectivity index (χ2n) is 3.76. The van der Waals surface area contributed by atoms with Crippen LogP contribution in [0.2, 0.25) is 0 Å². The molecule has 13 heavy (non-hydrogen) atoms. The predicted molar refractivity (Wildman–Crippen MR) is 49.0 cm³/mol. The molecular formula is C9H14N2O2. The van der Waals surface area contributed by atoms with Crippen molar-refractivity contribution >= 4 is 12.2 Å². The van der Waals surface area contributed by atoms with Gasteiger partial charge in [-0.1, -0.05) is 6.92 Å². The van der Waals surface area contributed by atoms with Crippen LogP contribution in [0.1, 0.15) is 27.2 Å². The summed E-state index contributed by atoms with van der Waals surface area (Å²) in [7, 11) is 0. The molecule has 0 fully saturated rings. The molecule has 0 saturated carbocycles. The SMILES string of the molecule is CC(CN=C=O)CC(C)(C)N=C=O. The summed E-state index contributed by atoms with van der Waals surface area (Å²) in [5, 5.41) is 0. The van der Waals surface area contributed by atoms with Crippen molar-refractivity contribution in [3.63, 3.8) is 0 Å². The first-order chi connectivity index (χ1) is 6.02. The normalized spacial score (nSPS) is 12.5. The van der Waals surface area contributed by atoms with Gasteiger partial charge in [-0.2, -0.15) is 4.99 Å². The van der Waals surface area contributed by atoms with Crippen molar-refractivity contribution < 1.29 is 9.59 Å². The summed E-state index contributed by atoms with van der Waals surface area (Å²) < 4.78 is 0. The summed E-state index contributed by atoms with van der Waals surface area (Å²) in [6.45, 7) is 6.07. The van der Waals surface area contributed by atoms with Gasteiger partial charge in [0.2, 0.25) is 12.2 Å². The lowest BCUT2D eigenvalue weighted by Crippen LogP contribution is -2.21. The zero-order valence-electron chi connectivity index (χ0n) is 8.20. The van der Waals surface area contributed by atoms with E-state index in [1.807, 2.05) is 20.8 Å². The number of carbonyl (C=O) groups excluding carboxylic acids is 2. The van der Waals surface area contributed by atoms with Crippen LogP contribution >= 0.6 is 0 Å². The zero-order valence-corrected chi connectivity index (χ0v) is 8.20. The highest BCUT2D eigenvalue weighted by molar-refractivity contribution is 5.34. The summed E-state index contributed by atoms with van der Waals surface area (Å²) in [5.74, 6) is 0.216. The molecule has 0 saturated heterocycles. The van der Waals surface area contributed by atoms with Crippen LogP contribution in [0.15, 0.2) is 9.98 Å². The third-order valence-corrected chi connectivity index (χ3v) is 1.66. The summed E-state index contributed by atoms with van der Waals surface area (Å²) in [6, 6.07) is 0. The van der Waals surface area contributed by atoms with Gasteiger partial charge in [-0.05, 0) is 26.2 Å².